The molecule has 3 aromatic rings. The predicted octanol–water partition coefficient (Wildman–Crippen LogP) is 3.41. The molecule has 0 unspecified atom stereocenters. The quantitative estimate of drug-likeness (QED) is 0.498. The van der Waals surface area contributed by atoms with Gasteiger partial charge in [-0.3, -0.25) is 14.2 Å². The Labute approximate surface area is 166 Å². The van der Waals surface area contributed by atoms with Crippen LogP contribution in [0, 0.1) is 0 Å². The van der Waals surface area contributed by atoms with Gasteiger partial charge in [-0.15, -0.1) is 11.3 Å². The van der Waals surface area contributed by atoms with E-state index in [0.717, 1.165) is 35.0 Å². The summed E-state index contributed by atoms with van der Waals surface area (Å²) < 4.78 is 1.59. The zero-order chi connectivity index (χ0) is 19.1. The van der Waals surface area contributed by atoms with Crippen molar-refractivity contribution in [3.63, 3.8) is 0 Å². The van der Waals surface area contributed by atoms with E-state index in [-0.39, 0.29) is 11.5 Å². The highest BCUT2D eigenvalue weighted by molar-refractivity contribution is 8.00. The van der Waals surface area contributed by atoms with Crippen LogP contribution in [-0.2, 0) is 24.7 Å². The number of thioether (sulfide) groups is 1. The molecule has 0 radical (unpaired) electrons. The third-order valence-corrected chi connectivity index (χ3v) is 7.37. The van der Waals surface area contributed by atoms with Gasteiger partial charge in [0.15, 0.2) is 5.16 Å². The van der Waals surface area contributed by atoms with E-state index < -0.39 is 5.25 Å². The lowest BCUT2D eigenvalue weighted by Gasteiger charge is -2.21. The first kappa shape index (κ1) is 18.3. The van der Waals surface area contributed by atoms with Crippen molar-refractivity contribution in [2.24, 2.45) is 7.05 Å². The normalized spacial score (nSPS) is 14.3. The zero-order valence-electron chi connectivity index (χ0n) is 15.6. The van der Waals surface area contributed by atoms with Crippen molar-refractivity contribution < 1.29 is 4.79 Å². The number of aromatic nitrogens is 2. The summed E-state index contributed by atoms with van der Waals surface area (Å²) in [6.07, 6.45) is 3.11. The fraction of sp³-hybridized carbons (Fsp3) is 0.350. The molecule has 0 saturated heterocycles. The smallest absolute Gasteiger partial charge is 0.262 e. The molecular formula is C20H21N3O2S2. The van der Waals surface area contributed by atoms with Gasteiger partial charge in [-0.1, -0.05) is 42.1 Å². The summed E-state index contributed by atoms with van der Waals surface area (Å²) in [5.74, 6) is -0.0192. The molecule has 1 aliphatic carbocycles. The minimum Gasteiger partial charge on any atom is -0.348 e. The summed E-state index contributed by atoms with van der Waals surface area (Å²) in [7, 11) is 5.24. The number of thiophene rings is 1. The minimum atomic E-state index is -0.441. The molecular weight excluding hydrogens is 378 g/mol. The van der Waals surface area contributed by atoms with E-state index >= 15 is 0 Å². The van der Waals surface area contributed by atoms with Crippen molar-refractivity contribution in [3.8, 4) is 0 Å². The second-order valence-corrected chi connectivity index (χ2v) is 9.09. The standard InChI is InChI=1S/C20H21N3O2S2/c1-22(2)19(25)16(12-8-5-4-6-9-12)27-20-21-17-15(18(24)23(20)3)13-10-7-11-14(13)26-17/h4-6,8-9,16H,7,10-11H2,1-3H3/t16-/m1/s1. The van der Waals surface area contributed by atoms with Crippen LogP contribution in [0.2, 0.25) is 0 Å². The van der Waals surface area contributed by atoms with Crippen molar-refractivity contribution in [1.29, 1.82) is 0 Å². The molecule has 4 rings (SSSR count). The third kappa shape index (κ3) is 3.19. The highest BCUT2D eigenvalue weighted by atomic mass is 32.2. The summed E-state index contributed by atoms with van der Waals surface area (Å²) in [6.45, 7) is 0. The molecule has 0 aliphatic heterocycles. The summed E-state index contributed by atoms with van der Waals surface area (Å²) in [4.78, 5) is 34.3. The zero-order valence-corrected chi connectivity index (χ0v) is 17.2. The Morgan fingerprint density at radius 1 is 1.26 bits per heavy atom. The lowest BCUT2D eigenvalue weighted by Crippen LogP contribution is -2.28. The van der Waals surface area contributed by atoms with Gasteiger partial charge in [0.25, 0.3) is 5.56 Å². The Balaban J connectivity index is 1.80. The Morgan fingerprint density at radius 2 is 2.00 bits per heavy atom. The minimum absolute atomic E-state index is 0.00832. The van der Waals surface area contributed by atoms with Crippen LogP contribution in [0.5, 0.6) is 0 Å². The van der Waals surface area contributed by atoms with E-state index in [1.807, 2.05) is 30.3 Å². The van der Waals surface area contributed by atoms with Crippen molar-refractivity contribution >= 4 is 39.2 Å². The number of amides is 1. The van der Waals surface area contributed by atoms with E-state index in [9.17, 15) is 9.59 Å². The lowest BCUT2D eigenvalue weighted by molar-refractivity contribution is -0.128. The Kier molecular flexibility index (Phi) is 4.82. The van der Waals surface area contributed by atoms with Crippen LogP contribution < -0.4 is 5.56 Å². The monoisotopic (exact) mass is 399 g/mol. The molecule has 27 heavy (non-hydrogen) atoms. The first-order valence-electron chi connectivity index (χ1n) is 8.91. The van der Waals surface area contributed by atoms with Crippen LogP contribution >= 0.6 is 23.1 Å². The molecule has 2 aromatic heterocycles. The van der Waals surface area contributed by atoms with Crippen LogP contribution in [0.25, 0.3) is 10.2 Å². The van der Waals surface area contributed by atoms with Crippen molar-refractivity contribution in [2.75, 3.05) is 14.1 Å². The molecule has 0 spiro atoms. The fourth-order valence-corrected chi connectivity index (χ4v) is 5.95. The topological polar surface area (TPSA) is 55.2 Å². The summed E-state index contributed by atoms with van der Waals surface area (Å²) in [5, 5.41) is 0.912. The van der Waals surface area contributed by atoms with Crippen molar-refractivity contribution in [2.45, 2.75) is 29.7 Å². The SMILES string of the molecule is CN(C)C(=O)[C@H](Sc1nc2sc3c(c2c(=O)n1C)CCC3)c1ccccc1. The number of hydrogen-bond donors (Lipinski definition) is 0. The van der Waals surface area contributed by atoms with E-state index in [4.69, 9.17) is 4.98 Å². The molecule has 0 N–H and O–H groups in total. The highest BCUT2D eigenvalue weighted by Gasteiger charge is 2.27. The van der Waals surface area contributed by atoms with E-state index in [1.165, 1.54) is 22.2 Å². The number of carbonyl (C=O) groups is 1. The molecule has 1 aliphatic rings. The second kappa shape index (κ2) is 7.13. The summed E-state index contributed by atoms with van der Waals surface area (Å²) >= 11 is 2.97. The van der Waals surface area contributed by atoms with E-state index in [0.29, 0.717) is 5.16 Å². The van der Waals surface area contributed by atoms with Crippen LogP contribution in [0.15, 0.2) is 40.3 Å². The summed E-state index contributed by atoms with van der Waals surface area (Å²) in [6, 6.07) is 9.65. The number of rotatable bonds is 4. The van der Waals surface area contributed by atoms with Gasteiger partial charge in [0.2, 0.25) is 5.91 Å². The van der Waals surface area contributed by atoms with Gasteiger partial charge in [-0.25, -0.2) is 4.98 Å². The fourth-order valence-electron chi connectivity index (χ4n) is 3.44. The average Bonchev–Trinajstić information content (AvgIpc) is 3.24. The molecule has 1 atom stereocenters. The maximum Gasteiger partial charge on any atom is 0.262 e. The Morgan fingerprint density at radius 3 is 2.70 bits per heavy atom. The molecule has 1 amide bonds. The van der Waals surface area contributed by atoms with Gasteiger partial charge < -0.3 is 4.90 Å². The first-order chi connectivity index (χ1) is 13.0. The van der Waals surface area contributed by atoms with Crippen LogP contribution in [0.1, 0.15) is 27.7 Å². The van der Waals surface area contributed by atoms with Crippen molar-refractivity contribution in [1.82, 2.24) is 14.5 Å². The Hall–Kier alpha value is -2.12. The second-order valence-electron chi connectivity index (χ2n) is 6.94. The Bertz CT molecular complexity index is 1070. The largest absolute Gasteiger partial charge is 0.348 e. The predicted molar refractivity (Wildman–Crippen MR) is 111 cm³/mol. The molecule has 1 aromatic carbocycles. The number of hydrogen-bond acceptors (Lipinski definition) is 5. The lowest BCUT2D eigenvalue weighted by atomic mass is 10.1. The maximum atomic E-state index is 13.0. The maximum absolute atomic E-state index is 13.0. The van der Waals surface area contributed by atoms with Gasteiger partial charge >= 0.3 is 0 Å². The van der Waals surface area contributed by atoms with Crippen LogP contribution in [0.4, 0.5) is 0 Å². The highest BCUT2D eigenvalue weighted by Crippen LogP contribution is 2.38. The molecule has 0 saturated carbocycles. The third-order valence-electron chi connectivity index (χ3n) is 4.90. The first-order valence-corrected chi connectivity index (χ1v) is 10.6. The van der Waals surface area contributed by atoms with Gasteiger partial charge in [0.1, 0.15) is 10.1 Å². The van der Waals surface area contributed by atoms with E-state index in [1.54, 1.807) is 41.9 Å². The number of nitrogens with zero attached hydrogens (tertiary/aromatic N) is 3. The molecule has 2 heterocycles. The number of benzene rings is 1. The molecule has 0 fully saturated rings. The number of carbonyl (C=O) groups excluding carboxylic acids is 1. The van der Waals surface area contributed by atoms with Gasteiger partial charge in [-0.2, -0.15) is 0 Å². The van der Waals surface area contributed by atoms with Crippen LogP contribution in [-0.4, -0.2) is 34.5 Å². The van der Waals surface area contributed by atoms with E-state index in [2.05, 4.69) is 0 Å². The number of likely N-dealkylation sites (N-methyl/N-ethyl adjacent to an activating group) is 1. The molecule has 0 bridgehead atoms. The molecule has 5 nitrogen and oxygen atoms in total. The van der Waals surface area contributed by atoms with Crippen molar-refractivity contribution in [3.05, 3.63) is 56.7 Å². The van der Waals surface area contributed by atoms with Gasteiger partial charge in [-0.05, 0) is 30.4 Å². The summed E-state index contributed by atoms with van der Waals surface area (Å²) in [5.41, 5.74) is 2.08. The molecule has 7 heteroatoms. The molecule has 140 valence electrons. The number of fused-ring (bicyclic) bond motifs is 3. The van der Waals surface area contributed by atoms with Gasteiger partial charge in [0.05, 0.1) is 5.39 Å². The van der Waals surface area contributed by atoms with Crippen LogP contribution in [0.3, 0.4) is 0 Å². The average molecular weight is 400 g/mol. The van der Waals surface area contributed by atoms with Gasteiger partial charge in [0, 0.05) is 26.0 Å². The number of aryl methyl sites for hydroxylation is 2.